The van der Waals surface area contributed by atoms with Gasteiger partial charge < -0.3 is 4.72 Å². The summed E-state index contributed by atoms with van der Waals surface area (Å²) in [4.78, 5) is 13.8. The van der Waals surface area contributed by atoms with Crippen LogP contribution in [0.2, 0.25) is 0 Å². The van der Waals surface area contributed by atoms with Crippen molar-refractivity contribution in [2.45, 2.75) is 77.3 Å². The van der Waals surface area contributed by atoms with Crippen LogP contribution in [-0.2, 0) is 42.3 Å². The molecule has 0 fully saturated rings. The SMILES string of the molecule is CCn1c(CCCc2ccc(-c3cccc(NS(=O)c4ccc(C)cc4)c3)cc2)nn(Cc2ccc(C(C)(C)C)cc2)c1=O. The summed E-state index contributed by atoms with van der Waals surface area (Å²) in [7, 11) is -1.33. The maximum absolute atomic E-state index is 13.1. The number of anilines is 1. The van der Waals surface area contributed by atoms with Crippen LogP contribution < -0.4 is 10.4 Å². The smallest absolute Gasteiger partial charge is 0.301 e. The lowest BCUT2D eigenvalue weighted by Gasteiger charge is -2.19. The third-order valence-electron chi connectivity index (χ3n) is 7.93. The number of rotatable bonds is 11. The molecule has 228 valence electrons. The zero-order valence-electron chi connectivity index (χ0n) is 26.3. The molecule has 4 aromatic carbocycles. The van der Waals surface area contributed by atoms with Gasteiger partial charge in [0.2, 0.25) is 0 Å². The normalized spacial score (nSPS) is 12.3. The molecule has 0 aliphatic heterocycles. The molecule has 1 atom stereocenters. The maximum Gasteiger partial charge on any atom is 0.346 e. The molecule has 1 N–H and O–H groups in total. The number of aromatic nitrogens is 3. The Balaban J connectivity index is 1.19. The Morgan fingerprint density at radius 1 is 0.818 bits per heavy atom. The summed E-state index contributed by atoms with van der Waals surface area (Å²) in [6.45, 7) is 11.7. The summed E-state index contributed by atoms with van der Waals surface area (Å²) >= 11 is 0. The molecule has 5 aromatic rings. The van der Waals surface area contributed by atoms with Crippen LogP contribution >= 0.6 is 0 Å². The molecule has 0 spiro atoms. The molecule has 5 rings (SSSR count). The fourth-order valence-electron chi connectivity index (χ4n) is 5.28. The average molecular weight is 607 g/mol. The van der Waals surface area contributed by atoms with Gasteiger partial charge in [-0.25, -0.2) is 13.7 Å². The Morgan fingerprint density at radius 3 is 2.16 bits per heavy atom. The second-order valence-electron chi connectivity index (χ2n) is 12.4. The van der Waals surface area contributed by atoms with E-state index in [9.17, 15) is 9.00 Å². The number of nitrogens with one attached hydrogen (secondary N) is 1. The molecule has 0 aliphatic rings. The fraction of sp³-hybridized carbons (Fsp3) is 0.297. The van der Waals surface area contributed by atoms with E-state index in [0.717, 1.165) is 57.9 Å². The van der Waals surface area contributed by atoms with E-state index in [1.807, 2.05) is 56.3 Å². The van der Waals surface area contributed by atoms with Crippen molar-refractivity contribution < 1.29 is 4.21 Å². The highest BCUT2D eigenvalue weighted by atomic mass is 32.2. The lowest BCUT2D eigenvalue weighted by molar-refractivity contribution is 0.588. The molecular formula is C37H42N4O2S. The largest absolute Gasteiger partial charge is 0.346 e. The van der Waals surface area contributed by atoms with E-state index < -0.39 is 11.0 Å². The fourth-order valence-corrected chi connectivity index (χ4v) is 6.12. The highest BCUT2D eigenvalue weighted by Crippen LogP contribution is 2.25. The molecule has 7 heteroatoms. The predicted octanol–water partition coefficient (Wildman–Crippen LogP) is 7.70. The molecule has 6 nitrogen and oxygen atoms in total. The molecule has 1 unspecified atom stereocenters. The Hall–Kier alpha value is -4.23. The highest BCUT2D eigenvalue weighted by Gasteiger charge is 2.15. The van der Waals surface area contributed by atoms with Crippen molar-refractivity contribution in [3.8, 4) is 11.1 Å². The number of nitrogens with zero attached hydrogens (tertiary/aromatic N) is 3. The second-order valence-corrected chi connectivity index (χ2v) is 13.6. The molecule has 1 aromatic heterocycles. The average Bonchev–Trinajstić information content (AvgIpc) is 3.31. The van der Waals surface area contributed by atoms with Crippen LogP contribution in [0.4, 0.5) is 5.69 Å². The standard InChI is InChI=1S/C37H42N4O2S/c1-6-40-35(38-41(36(40)42)26-29-17-21-32(22-18-29)37(3,4)5)12-7-9-28-15-19-30(20-16-28)31-10-8-11-33(25-31)39-44(43)34-23-13-27(2)14-24-34/h8,10-11,13-25,39H,6-7,9,12,26H2,1-5H3. The van der Waals surface area contributed by atoms with Gasteiger partial charge in [-0.3, -0.25) is 4.57 Å². The minimum absolute atomic E-state index is 0.0498. The van der Waals surface area contributed by atoms with Crippen molar-refractivity contribution in [1.82, 2.24) is 14.3 Å². The van der Waals surface area contributed by atoms with E-state index in [1.54, 1.807) is 9.25 Å². The molecule has 0 saturated carbocycles. The zero-order chi connectivity index (χ0) is 31.3. The number of benzene rings is 4. The number of hydrogen-bond acceptors (Lipinski definition) is 3. The second kappa shape index (κ2) is 13.6. The summed E-state index contributed by atoms with van der Waals surface area (Å²) in [5, 5.41) is 4.72. The van der Waals surface area contributed by atoms with Crippen molar-refractivity contribution in [2.75, 3.05) is 4.72 Å². The van der Waals surface area contributed by atoms with E-state index in [4.69, 9.17) is 5.10 Å². The lowest BCUT2D eigenvalue weighted by Crippen LogP contribution is -2.25. The first-order valence-electron chi connectivity index (χ1n) is 15.3. The van der Waals surface area contributed by atoms with Gasteiger partial charge in [-0.05, 0) is 84.2 Å². The summed E-state index contributed by atoms with van der Waals surface area (Å²) in [5.74, 6) is 0.841. The van der Waals surface area contributed by atoms with Gasteiger partial charge >= 0.3 is 5.69 Å². The van der Waals surface area contributed by atoms with Crippen molar-refractivity contribution in [2.24, 2.45) is 0 Å². The molecule has 0 saturated heterocycles. The van der Waals surface area contributed by atoms with E-state index >= 15 is 0 Å². The molecule has 0 aliphatic carbocycles. The van der Waals surface area contributed by atoms with Crippen LogP contribution in [0.5, 0.6) is 0 Å². The topological polar surface area (TPSA) is 68.9 Å². The quantitative estimate of drug-likeness (QED) is 0.168. The maximum atomic E-state index is 13.1. The van der Waals surface area contributed by atoms with Crippen molar-refractivity contribution in [1.29, 1.82) is 0 Å². The first kappa shape index (κ1) is 31.2. The minimum Gasteiger partial charge on any atom is -0.301 e. The van der Waals surface area contributed by atoms with Crippen LogP contribution in [0, 0.1) is 6.92 Å². The van der Waals surface area contributed by atoms with E-state index in [0.29, 0.717) is 13.1 Å². The summed E-state index contributed by atoms with van der Waals surface area (Å²) in [6, 6.07) is 32.8. The monoisotopic (exact) mass is 606 g/mol. The Labute approximate surface area is 263 Å². The van der Waals surface area contributed by atoms with Gasteiger partial charge in [-0.2, -0.15) is 5.10 Å². The molecule has 0 amide bonds. The third-order valence-corrected chi connectivity index (χ3v) is 9.05. The van der Waals surface area contributed by atoms with Crippen LogP contribution in [-0.4, -0.2) is 18.6 Å². The predicted molar refractivity (Wildman–Crippen MR) is 182 cm³/mol. The number of hydrogen-bond donors (Lipinski definition) is 1. The van der Waals surface area contributed by atoms with Crippen molar-refractivity contribution in [3.63, 3.8) is 0 Å². The van der Waals surface area contributed by atoms with Gasteiger partial charge in [0.25, 0.3) is 0 Å². The summed E-state index contributed by atoms with van der Waals surface area (Å²) < 4.78 is 19.3. The van der Waals surface area contributed by atoms with Gasteiger partial charge in [-0.15, -0.1) is 0 Å². The van der Waals surface area contributed by atoms with Gasteiger partial charge in [0.05, 0.1) is 11.4 Å². The van der Waals surface area contributed by atoms with Crippen LogP contribution in [0.3, 0.4) is 0 Å². The van der Waals surface area contributed by atoms with E-state index in [2.05, 4.69) is 80.1 Å². The van der Waals surface area contributed by atoms with Gasteiger partial charge in [-0.1, -0.05) is 99.1 Å². The highest BCUT2D eigenvalue weighted by molar-refractivity contribution is 7.86. The van der Waals surface area contributed by atoms with Crippen molar-refractivity contribution in [3.05, 3.63) is 136 Å². The molecule has 1 heterocycles. The summed E-state index contributed by atoms with van der Waals surface area (Å²) in [6.07, 6.45) is 2.55. The van der Waals surface area contributed by atoms with E-state index in [-0.39, 0.29) is 11.1 Å². The minimum atomic E-state index is -1.33. The van der Waals surface area contributed by atoms with Gasteiger partial charge in [0.15, 0.2) is 0 Å². The Bertz CT molecular complexity index is 1780. The van der Waals surface area contributed by atoms with Crippen molar-refractivity contribution >= 4 is 16.7 Å². The summed E-state index contributed by atoms with van der Waals surface area (Å²) in [5.41, 5.74) is 7.77. The van der Waals surface area contributed by atoms with Gasteiger partial charge in [0, 0.05) is 18.7 Å². The lowest BCUT2D eigenvalue weighted by atomic mass is 9.87. The van der Waals surface area contributed by atoms with Crippen LogP contribution in [0.15, 0.2) is 107 Å². The molecule has 0 bridgehead atoms. The van der Waals surface area contributed by atoms with E-state index in [1.165, 1.54) is 11.1 Å². The van der Waals surface area contributed by atoms with Gasteiger partial charge in [0.1, 0.15) is 16.8 Å². The van der Waals surface area contributed by atoms with Crippen LogP contribution in [0.1, 0.15) is 62.2 Å². The molecule has 44 heavy (non-hydrogen) atoms. The zero-order valence-corrected chi connectivity index (χ0v) is 27.2. The molecular weight excluding hydrogens is 565 g/mol. The number of aryl methyl sites for hydroxylation is 3. The van der Waals surface area contributed by atoms with Crippen LogP contribution in [0.25, 0.3) is 11.1 Å². The first-order chi connectivity index (χ1) is 21.1. The molecule has 0 radical (unpaired) electrons. The Morgan fingerprint density at radius 2 is 1.50 bits per heavy atom. The third kappa shape index (κ3) is 7.64. The Kier molecular flexibility index (Phi) is 9.64. The first-order valence-corrected chi connectivity index (χ1v) is 16.5.